The molecule has 1 N–H and O–H groups in total. The van der Waals surface area contributed by atoms with Gasteiger partial charge in [-0.05, 0) is 54.7 Å². The highest BCUT2D eigenvalue weighted by Gasteiger charge is 2.18. The van der Waals surface area contributed by atoms with Crippen molar-refractivity contribution in [1.29, 1.82) is 0 Å². The first kappa shape index (κ1) is 23.4. The molecule has 0 amide bonds. The van der Waals surface area contributed by atoms with Gasteiger partial charge in [0.2, 0.25) is 5.82 Å². The normalized spacial score (nSPS) is 11.4. The molecule has 5 rings (SSSR count). The summed E-state index contributed by atoms with van der Waals surface area (Å²) in [4.78, 5) is 18.1. The molecule has 0 atom stereocenters. The lowest BCUT2D eigenvalue weighted by Gasteiger charge is -2.12. The molecule has 0 bridgehead atoms. The SMILES string of the molecule is CCCCc1cn(-c2ccnn2C(C)C)c(=O)n1Cc1cnccc1-c1ccc(-c2nn[nH]n2)cc1. The minimum atomic E-state index is -0.0780. The van der Waals surface area contributed by atoms with Gasteiger partial charge in [-0.25, -0.2) is 9.48 Å². The largest absolute Gasteiger partial charge is 0.334 e. The standard InChI is InChI=1S/C26H29N9O/c1-4-5-6-22-17-34(24-12-14-28-35(24)18(2)3)26(36)33(22)16-21-15-27-13-11-23(21)19-7-9-20(10-8-19)25-29-31-32-30-25/h7-15,17-18H,4-6,16H2,1-3H3,(H,29,30,31,32). The van der Waals surface area contributed by atoms with Crippen LogP contribution >= 0.6 is 0 Å². The summed E-state index contributed by atoms with van der Waals surface area (Å²) in [5, 5.41) is 18.6. The summed E-state index contributed by atoms with van der Waals surface area (Å²) >= 11 is 0. The third-order valence-electron chi connectivity index (χ3n) is 6.27. The number of hydrogen-bond donors (Lipinski definition) is 1. The van der Waals surface area contributed by atoms with Gasteiger partial charge in [-0.3, -0.25) is 14.1 Å². The molecule has 0 fully saturated rings. The van der Waals surface area contributed by atoms with E-state index < -0.39 is 0 Å². The molecule has 4 heterocycles. The van der Waals surface area contributed by atoms with Gasteiger partial charge < -0.3 is 0 Å². The summed E-state index contributed by atoms with van der Waals surface area (Å²) in [5.41, 5.74) is 4.82. The zero-order valence-corrected chi connectivity index (χ0v) is 20.7. The molecular weight excluding hydrogens is 454 g/mol. The van der Waals surface area contributed by atoms with E-state index in [1.807, 2.05) is 58.0 Å². The van der Waals surface area contributed by atoms with Crippen LogP contribution < -0.4 is 5.69 Å². The van der Waals surface area contributed by atoms with Gasteiger partial charge in [0.05, 0.1) is 12.7 Å². The summed E-state index contributed by atoms with van der Waals surface area (Å²) in [5.74, 6) is 1.32. The van der Waals surface area contributed by atoms with Crippen LogP contribution in [0.25, 0.3) is 28.3 Å². The quantitative estimate of drug-likeness (QED) is 0.338. The number of imidazole rings is 1. The van der Waals surface area contributed by atoms with Crippen molar-refractivity contribution in [3.63, 3.8) is 0 Å². The molecule has 5 aromatic rings. The topological polar surface area (TPSA) is 112 Å². The Morgan fingerprint density at radius 2 is 1.83 bits per heavy atom. The fourth-order valence-electron chi connectivity index (χ4n) is 4.40. The van der Waals surface area contributed by atoms with E-state index in [0.29, 0.717) is 12.4 Å². The minimum absolute atomic E-state index is 0.0780. The van der Waals surface area contributed by atoms with E-state index in [1.54, 1.807) is 17.0 Å². The summed E-state index contributed by atoms with van der Waals surface area (Å²) in [6, 6.07) is 12.0. The van der Waals surface area contributed by atoms with Gasteiger partial charge in [0.1, 0.15) is 5.82 Å². The van der Waals surface area contributed by atoms with E-state index in [4.69, 9.17) is 0 Å². The van der Waals surface area contributed by atoms with E-state index in [2.05, 4.69) is 51.5 Å². The van der Waals surface area contributed by atoms with Gasteiger partial charge in [-0.2, -0.15) is 10.3 Å². The van der Waals surface area contributed by atoms with Gasteiger partial charge in [0, 0.05) is 42.0 Å². The minimum Gasteiger partial charge on any atom is -0.291 e. The molecule has 0 saturated heterocycles. The van der Waals surface area contributed by atoms with E-state index in [-0.39, 0.29) is 11.7 Å². The highest BCUT2D eigenvalue weighted by Crippen LogP contribution is 2.26. The molecule has 0 spiro atoms. The molecule has 0 aliphatic heterocycles. The van der Waals surface area contributed by atoms with Crippen molar-refractivity contribution in [2.45, 2.75) is 52.6 Å². The number of rotatable bonds is 9. The number of nitrogens with one attached hydrogen (secondary N) is 1. The van der Waals surface area contributed by atoms with Gasteiger partial charge in [0.15, 0.2) is 0 Å². The molecule has 0 radical (unpaired) electrons. The molecule has 4 aromatic heterocycles. The van der Waals surface area contributed by atoms with Crippen LogP contribution in [0, 0.1) is 0 Å². The average Bonchev–Trinajstić information content (AvgIpc) is 3.65. The third-order valence-corrected chi connectivity index (χ3v) is 6.27. The Hall–Kier alpha value is -4.34. The van der Waals surface area contributed by atoms with Crippen LogP contribution in [0.4, 0.5) is 0 Å². The lowest BCUT2D eigenvalue weighted by atomic mass is 10.00. The lowest BCUT2D eigenvalue weighted by molar-refractivity contribution is 0.518. The zero-order chi connectivity index (χ0) is 25.1. The Balaban J connectivity index is 1.53. The van der Waals surface area contributed by atoms with Crippen molar-refractivity contribution < 1.29 is 0 Å². The molecule has 0 aliphatic carbocycles. The number of pyridine rings is 1. The summed E-state index contributed by atoms with van der Waals surface area (Å²) in [7, 11) is 0. The molecule has 36 heavy (non-hydrogen) atoms. The number of aryl methyl sites for hydroxylation is 1. The number of benzene rings is 1. The molecule has 10 nitrogen and oxygen atoms in total. The summed E-state index contributed by atoms with van der Waals surface area (Å²) in [6.45, 7) is 6.70. The maximum Gasteiger partial charge on any atom is 0.334 e. The lowest BCUT2D eigenvalue weighted by Crippen LogP contribution is -2.26. The number of H-pyrrole nitrogens is 1. The average molecular weight is 484 g/mol. The fraction of sp³-hybridized carbons (Fsp3) is 0.308. The highest BCUT2D eigenvalue weighted by atomic mass is 16.1. The van der Waals surface area contributed by atoms with E-state index in [1.165, 1.54) is 0 Å². The Labute approximate surface area is 208 Å². The number of aromatic amines is 1. The van der Waals surface area contributed by atoms with E-state index in [9.17, 15) is 4.79 Å². The van der Waals surface area contributed by atoms with E-state index >= 15 is 0 Å². The number of aromatic nitrogens is 9. The second-order valence-corrected chi connectivity index (χ2v) is 9.04. The van der Waals surface area contributed by atoms with Gasteiger partial charge in [-0.1, -0.05) is 37.6 Å². The summed E-state index contributed by atoms with van der Waals surface area (Å²) < 4.78 is 5.45. The van der Waals surface area contributed by atoms with Crippen LogP contribution in [0.2, 0.25) is 0 Å². The first-order valence-corrected chi connectivity index (χ1v) is 12.2. The van der Waals surface area contributed by atoms with Crippen LogP contribution in [-0.2, 0) is 13.0 Å². The van der Waals surface area contributed by atoms with Crippen molar-refractivity contribution in [1.82, 2.24) is 44.5 Å². The van der Waals surface area contributed by atoms with Crippen LogP contribution in [0.1, 0.15) is 50.9 Å². The predicted octanol–water partition coefficient (Wildman–Crippen LogP) is 4.05. The predicted molar refractivity (Wildman–Crippen MR) is 137 cm³/mol. The van der Waals surface area contributed by atoms with Crippen molar-refractivity contribution >= 4 is 0 Å². The zero-order valence-electron chi connectivity index (χ0n) is 20.7. The molecule has 10 heteroatoms. The van der Waals surface area contributed by atoms with Crippen molar-refractivity contribution in [2.24, 2.45) is 0 Å². The number of tetrazole rings is 1. The molecular formula is C26H29N9O. The van der Waals surface area contributed by atoms with Crippen LogP contribution in [0.15, 0.2) is 66.0 Å². The molecule has 184 valence electrons. The highest BCUT2D eigenvalue weighted by molar-refractivity contribution is 5.69. The van der Waals surface area contributed by atoms with Crippen LogP contribution in [0.5, 0.6) is 0 Å². The fourth-order valence-corrected chi connectivity index (χ4v) is 4.40. The Kier molecular flexibility index (Phi) is 6.57. The first-order chi connectivity index (χ1) is 17.6. The molecule has 0 aliphatic rings. The number of hydrogen-bond acceptors (Lipinski definition) is 6. The maximum absolute atomic E-state index is 13.7. The number of unbranched alkanes of at least 4 members (excludes halogenated alkanes) is 1. The Bertz CT molecular complexity index is 1490. The van der Waals surface area contributed by atoms with Crippen molar-refractivity contribution in [3.8, 4) is 28.3 Å². The third kappa shape index (κ3) is 4.49. The molecule has 0 unspecified atom stereocenters. The monoisotopic (exact) mass is 483 g/mol. The Morgan fingerprint density at radius 3 is 2.56 bits per heavy atom. The second-order valence-electron chi connectivity index (χ2n) is 9.04. The van der Waals surface area contributed by atoms with Crippen LogP contribution in [-0.4, -0.2) is 44.5 Å². The van der Waals surface area contributed by atoms with Gasteiger partial charge in [-0.15, -0.1) is 10.2 Å². The second kappa shape index (κ2) is 10.1. The van der Waals surface area contributed by atoms with Crippen LogP contribution in [0.3, 0.4) is 0 Å². The van der Waals surface area contributed by atoms with Gasteiger partial charge >= 0.3 is 5.69 Å². The number of nitrogens with zero attached hydrogens (tertiary/aromatic N) is 8. The Morgan fingerprint density at radius 1 is 1.03 bits per heavy atom. The van der Waals surface area contributed by atoms with Gasteiger partial charge in [0.25, 0.3) is 0 Å². The smallest absolute Gasteiger partial charge is 0.291 e. The van der Waals surface area contributed by atoms with E-state index in [0.717, 1.165) is 53.0 Å². The molecule has 1 aromatic carbocycles. The molecule has 0 saturated carbocycles. The first-order valence-electron chi connectivity index (χ1n) is 12.2. The van der Waals surface area contributed by atoms with Crippen molar-refractivity contribution in [3.05, 3.63) is 82.9 Å². The maximum atomic E-state index is 13.7. The summed E-state index contributed by atoms with van der Waals surface area (Å²) in [6.07, 6.45) is 10.2. The van der Waals surface area contributed by atoms with Crippen molar-refractivity contribution in [2.75, 3.05) is 0 Å².